The smallest absolute Gasteiger partial charge is 0.406 e. The molecule has 0 bridgehead atoms. The average molecular weight is 440 g/mol. The van der Waals surface area contributed by atoms with Crippen molar-refractivity contribution in [2.45, 2.75) is 17.4 Å². The van der Waals surface area contributed by atoms with Gasteiger partial charge in [-0.2, -0.15) is 13.2 Å². The molecule has 0 saturated carbocycles. The topological polar surface area (TPSA) is 61.5 Å². The van der Waals surface area contributed by atoms with Crippen molar-refractivity contribution in [2.75, 3.05) is 31.1 Å². The van der Waals surface area contributed by atoms with Gasteiger partial charge in [-0.3, -0.25) is 9.78 Å². The number of rotatable bonds is 4. The number of H-pyrrole nitrogens is 1. The molecule has 1 fully saturated rings. The second kappa shape index (κ2) is 8.14. The number of benzene rings is 1. The van der Waals surface area contributed by atoms with Crippen LogP contribution >= 0.6 is 11.9 Å². The van der Waals surface area contributed by atoms with Crippen molar-refractivity contribution >= 4 is 17.9 Å². The number of aromatic amines is 1. The fraction of sp³-hybridized carbons (Fsp3) is 0.375. The Morgan fingerprint density at radius 1 is 1.00 bits per heavy atom. The van der Waals surface area contributed by atoms with Gasteiger partial charge in [-0.1, -0.05) is 0 Å². The molecule has 158 valence electrons. The molecule has 0 unspecified atom stereocenters. The lowest BCUT2D eigenvalue weighted by molar-refractivity contribution is -0.274. The van der Waals surface area contributed by atoms with Crippen molar-refractivity contribution in [1.29, 1.82) is 0 Å². The van der Waals surface area contributed by atoms with Crippen LogP contribution in [-0.2, 0) is 6.18 Å². The molecule has 1 aliphatic rings. The highest BCUT2D eigenvalue weighted by Crippen LogP contribution is 2.30. The zero-order valence-corrected chi connectivity index (χ0v) is 15.4. The Bertz CT molecular complexity index is 892. The van der Waals surface area contributed by atoms with Crippen molar-refractivity contribution in [2.24, 2.45) is 0 Å². The Morgan fingerprint density at radius 3 is 2.17 bits per heavy atom. The summed E-state index contributed by atoms with van der Waals surface area (Å²) >= 11 is 1.30. The Labute approximate surface area is 164 Å². The van der Waals surface area contributed by atoms with E-state index in [-0.39, 0.29) is 11.7 Å². The van der Waals surface area contributed by atoms with E-state index in [2.05, 4.69) is 14.7 Å². The molecule has 0 radical (unpaired) electrons. The molecule has 3 rings (SSSR count). The van der Waals surface area contributed by atoms with Gasteiger partial charge in [0.1, 0.15) is 5.75 Å². The number of alkyl halides is 6. The molecule has 0 aliphatic carbocycles. The molecule has 6 nitrogen and oxygen atoms in total. The summed E-state index contributed by atoms with van der Waals surface area (Å²) in [7, 11) is 0. The van der Waals surface area contributed by atoms with Gasteiger partial charge < -0.3 is 9.64 Å². The molecule has 13 heteroatoms. The number of halogens is 6. The zero-order valence-electron chi connectivity index (χ0n) is 14.5. The van der Waals surface area contributed by atoms with Crippen molar-refractivity contribution in [1.82, 2.24) is 14.3 Å². The maximum absolute atomic E-state index is 12.8. The van der Waals surface area contributed by atoms with Crippen molar-refractivity contribution in [3.8, 4) is 5.75 Å². The molecule has 0 spiro atoms. The highest BCUT2D eigenvalue weighted by atomic mass is 32.2. The number of nitrogens with zero attached hydrogens (tertiary/aromatic N) is 3. The van der Waals surface area contributed by atoms with Crippen LogP contribution in [0.5, 0.6) is 5.75 Å². The van der Waals surface area contributed by atoms with E-state index in [4.69, 9.17) is 0 Å². The van der Waals surface area contributed by atoms with E-state index in [0.717, 1.165) is 0 Å². The third-order valence-electron chi connectivity index (χ3n) is 3.85. The van der Waals surface area contributed by atoms with E-state index in [1.807, 2.05) is 4.31 Å². The second-order valence-corrected chi connectivity index (χ2v) is 7.15. The van der Waals surface area contributed by atoms with Crippen LogP contribution in [0.2, 0.25) is 0 Å². The highest BCUT2D eigenvalue weighted by Gasteiger charge is 2.34. The van der Waals surface area contributed by atoms with Crippen LogP contribution in [0.15, 0.2) is 40.0 Å². The van der Waals surface area contributed by atoms with Crippen LogP contribution in [0.4, 0.5) is 32.3 Å². The minimum atomic E-state index is -4.76. The number of ether oxygens (including phenoxy) is 1. The number of hydrogen-bond donors (Lipinski definition) is 1. The lowest BCUT2D eigenvalue weighted by atomic mass is 10.3. The normalized spacial score (nSPS) is 16.1. The summed E-state index contributed by atoms with van der Waals surface area (Å²) in [4.78, 5) is 19.5. The van der Waals surface area contributed by atoms with Gasteiger partial charge >= 0.3 is 12.5 Å². The molecule has 1 aromatic heterocycles. The predicted molar refractivity (Wildman–Crippen MR) is 92.6 cm³/mol. The predicted octanol–water partition coefficient (Wildman–Crippen LogP) is 3.52. The maximum atomic E-state index is 12.8. The maximum Gasteiger partial charge on any atom is 0.573 e. The van der Waals surface area contributed by atoms with Gasteiger partial charge in [0, 0.05) is 37.1 Å². The van der Waals surface area contributed by atoms with E-state index in [9.17, 15) is 31.1 Å². The molecule has 1 aromatic carbocycles. The number of nitrogens with one attached hydrogen (secondary N) is 1. The van der Waals surface area contributed by atoms with Gasteiger partial charge in [0.2, 0.25) is 5.95 Å². The number of anilines is 1. The summed E-state index contributed by atoms with van der Waals surface area (Å²) in [6.45, 7) is 1.50. The quantitative estimate of drug-likeness (QED) is 0.580. The average Bonchev–Trinajstić information content (AvgIpc) is 2.61. The van der Waals surface area contributed by atoms with Gasteiger partial charge in [0.25, 0.3) is 5.56 Å². The molecule has 0 amide bonds. The minimum absolute atomic E-state index is 0.150. The molecule has 29 heavy (non-hydrogen) atoms. The Hall–Kier alpha value is -2.41. The van der Waals surface area contributed by atoms with Crippen LogP contribution in [0.25, 0.3) is 0 Å². The van der Waals surface area contributed by atoms with Gasteiger partial charge in [-0.05, 0) is 36.2 Å². The van der Waals surface area contributed by atoms with Gasteiger partial charge in [0.15, 0.2) is 5.69 Å². The number of aromatic nitrogens is 2. The third kappa shape index (κ3) is 6.03. The largest absolute Gasteiger partial charge is 0.573 e. The van der Waals surface area contributed by atoms with Crippen molar-refractivity contribution in [3.63, 3.8) is 0 Å². The van der Waals surface area contributed by atoms with Crippen LogP contribution in [0, 0.1) is 0 Å². The first kappa shape index (κ1) is 21.3. The molecular weight excluding hydrogens is 426 g/mol. The minimum Gasteiger partial charge on any atom is -0.406 e. The third-order valence-corrected chi connectivity index (χ3v) is 4.96. The summed E-state index contributed by atoms with van der Waals surface area (Å²) in [5.74, 6) is -0.477. The SMILES string of the molecule is O=c1cc(C(F)(F)F)nc(N2CCN(Sc3ccc(OC(F)(F)F)cc3)CC2)[nH]1. The second-order valence-electron chi connectivity index (χ2n) is 5.98. The summed E-state index contributed by atoms with van der Waals surface area (Å²) in [6, 6.07) is 5.75. The summed E-state index contributed by atoms with van der Waals surface area (Å²) in [5, 5.41) is 0. The number of piperazine rings is 1. The van der Waals surface area contributed by atoms with Crippen molar-refractivity contribution in [3.05, 3.63) is 46.4 Å². The van der Waals surface area contributed by atoms with E-state index in [1.54, 1.807) is 0 Å². The van der Waals surface area contributed by atoms with Crippen LogP contribution in [0.3, 0.4) is 0 Å². The van der Waals surface area contributed by atoms with Crippen LogP contribution in [0.1, 0.15) is 5.69 Å². The molecule has 1 N–H and O–H groups in total. The first-order valence-corrected chi connectivity index (χ1v) is 8.99. The first-order chi connectivity index (χ1) is 13.5. The molecule has 1 aliphatic heterocycles. The first-order valence-electron chi connectivity index (χ1n) is 8.22. The molecular formula is C16H14F6N4O2S. The van der Waals surface area contributed by atoms with Crippen LogP contribution < -0.4 is 15.2 Å². The monoisotopic (exact) mass is 440 g/mol. The zero-order chi connectivity index (χ0) is 21.2. The highest BCUT2D eigenvalue weighted by molar-refractivity contribution is 7.97. The van der Waals surface area contributed by atoms with Gasteiger partial charge in [-0.25, -0.2) is 9.29 Å². The van der Waals surface area contributed by atoms with Crippen molar-refractivity contribution < 1.29 is 31.1 Å². The Balaban J connectivity index is 1.58. The van der Waals surface area contributed by atoms with E-state index in [1.165, 1.54) is 41.1 Å². The lowest BCUT2D eigenvalue weighted by Gasteiger charge is -2.34. The van der Waals surface area contributed by atoms with E-state index < -0.39 is 23.8 Å². The molecule has 1 saturated heterocycles. The lowest BCUT2D eigenvalue weighted by Crippen LogP contribution is -2.44. The number of hydrogen-bond acceptors (Lipinski definition) is 6. The standard InChI is InChI=1S/C16H14F6N4O2S/c17-15(18,19)12-9-13(27)24-14(23-12)25-5-7-26(8-6-25)29-11-3-1-10(2-4-11)28-16(20,21)22/h1-4,9H,5-8H2,(H,23,24,27). The van der Waals surface area contributed by atoms with Crippen LogP contribution in [-0.4, -0.2) is 46.8 Å². The Morgan fingerprint density at radius 2 is 1.62 bits per heavy atom. The van der Waals surface area contributed by atoms with Gasteiger partial charge in [-0.15, -0.1) is 13.2 Å². The summed E-state index contributed by atoms with van der Waals surface area (Å²) in [5.41, 5.74) is -2.14. The molecule has 0 atom stereocenters. The molecule has 2 heterocycles. The van der Waals surface area contributed by atoms with Gasteiger partial charge in [0.05, 0.1) is 0 Å². The summed E-state index contributed by atoms with van der Waals surface area (Å²) < 4.78 is 80.7. The fourth-order valence-corrected chi connectivity index (χ4v) is 3.48. The summed E-state index contributed by atoms with van der Waals surface area (Å²) in [6.07, 6.45) is -9.48. The van der Waals surface area contributed by atoms with E-state index >= 15 is 0 Å². The Kier molecular flexibility index (Phi) is 5.98. The fourth-order valence-electron chi connectivity index (χ4n) is 2.58. The molecule has 2 aromatic rings. The van der Waals surface area contributed by atoms with E-state index in [0.29, 0.717) is 37.1 Å².